The highest BCUT2D eigenvalue weighted by Gasteiger charge is 2.32. The molecule has 172 valence electrons. The molecular weight excluding hydrogens is 426 g/mol. The number of nitrogens with one attached hydrogen (secondary N) is 3. The van der Waals surface area contributed by atoms with Gasteiger partial charge in [-0.3, -0.25) is 14.4 Å². The van der Waals surface area contributed by atoms with E-state index in [0.717, 1.165) is 22.3 Å². The average molecular weight is 451 g/mol. The molecule has 0 spiro atoms. The summed E-state index contributed by atoms with van der Waals surface area (Å²) in [6.45, 7) is 0.515. The standard InChI is InChI=1S/C24H25N3O6/c28-21(29)10-9-19(23(31)26-20-11-12-25-22(20)30)27-24(32)33-13-18-16-7-3-1-5-14(16)15-6-2-4-8-17(15)18/h1-8,18-20H,9-13H2,(H,25,30)(H,26,31)(H,27,32)(H,28,29). The largest absolute Gasteiger partial charge is 0.481 e. The Hall–Kier alpha value is -3.88. The fraction of sp³-hybridized carbons (Fsp3) is 0.333. The van der Waals surface area contributed by atoms with E-state index in [2.05, 4.69) is 16.0 Å². The van der Waals surface area contributed by atoms with Crippen molar-refractivity contribution in [2.75, 3.05) is 13.2 Å². The molecule has 1 saturated heterocycles. The summed E-state index contributed by atoms with van der Waals surface area (Å²) in [6, 6.07) is 14.0. The van der Waals surface area contributed by atoms with E-state index in [1.54, 1.807) is 0 Å². The first-order valence-corrected chi connectivity index (χ1v) is 10.9. The first-order chi connectivity index (χ1) is 15.9. The van der Waals surface area contributed by atoms with Crippen molar-refractivity contribution < 1.29 is 29.0 Å². The molecule has 1 aliphatic carbocycles. The van der Waals surface area contributed by atoms with Crippen molar-refractivity contribution >= 4 is 23.9 Å². The Bertz CT molecular complexity index is 1040. The van der Waals surface area contributed by atoms with Gasteiger partial charge in [-0.25, -0.2) is 4.79 Å². The Balaban J connectivity index is 1.40. The molecule has 4 rings (SSSR count). The number of aliphatic carboxylic acids is 1. The zero-order valence-electron chi connectivity index (χ0n) is 17.9. The normalized spacial score (nSPS) is 17.5. The monoisotopic (exact) mass is 451 g/mol. The molecule has 2 aromatic carbocycles. The van der Waals surface area contributed by atoms with Crippen molar-refractivity contribution in [1.82, 2.24) is 16.0 Å². The second-order valence-corrected chi connectivity index (χ2v) is 8.10. The van der Waals surface area contributed by atoms with Crippen LogP contribution in [0.3, 0.4) is 0 Å². The summed E-state index contributed by atoms with van der Waals surface area (Å²) >= 11 is 0. The number of alkyl carbamates (subject to hydrolysis) is 1. The number of carbonyl (C=O) groups excluding carboxylic acids is 3. The summed E-state index contributed by atoms with van der Waals surface area (Å²) in [5, 5.41) is 16.6. The van der Waals surface area contributed by atoms with Crippen LogP contribution >= 0.6 is 0 Å². The number of rotatable bonds is 8. The molecule has 0 bridgehead atoms. The molecule has 0 radical (unpaired) electrons. The van der Waals surface area contributed by atoms with Crippen LogP contribution in [0.5, 0.6) is 0 Å². The minimum atomic E-state index is -1.13. The molecule has 1 fully saturated rings. The fourth-order valence-electron chi connectivity index (χ4n) is 4.32. The third kappa shape index (κ3) is 4.97. The minimum absolute atomic E-state index is 0.0676. The van der Waals surface area contributed by atoms with Gasteiger partial charge in [0.25, 0.3) is 0 Å². The minimum Gasteiger partial charge on any atom is -0.481 e. The molecular formula is C24H25N3O6. The molecule has 2 aromatic rings. The molecule has 1 aliphatic heterocycles. The van der Waals surface area contributed by atoms with Gasteiger partial charge in [-0.1, -0.05) is 48.5 Å². The van der Waals surface area contributed by atoms with Gasteiger partial charge >= 0.3 is 12.1 Å². The van der Waals surface area contributed by atoms with Gasteiger partial charge in [-0.2, -0.15) is 0 Å². The highest BCUT2D eigenvalue weighted by Crippen LogP contribution is 2.44. The topological polar surface area (TPSA) is 134 Å². The van der Waals surface area contributed by atoms with Gasteiger partial charge in [0.1, 0.15) is 18.7 Å². The first-order valence-electron chi connectivity index (χ1n) is 10.9. The van der Waals surface area contributed by atoms with Crippen LogP contribution in [0.1, 0.15) is 36.3 Å². The van der Waals surface area contributed by atoms with Crippen molar-refractivity contribution in [1.29, 1.82) is 0 Å². The fourth-order valence-corrected chi connectivity index (χ4v) is 4.32. The van der Waals surface area contributed by atoms with Crippen LogP contribution in [0.15, 0.2) is 48.5 Å². The Morgan fingerprint density at radius 3 is 2.27 bits per heavy atom. The van der Waals surface area contributed by atoms with E-state index in [-0.39, 0.29) is 31.3 Å². The lowest BCUT2D eigenvalue weighted by Crippen LogP contribution is -2.51. The van der Waals surface area contributed by atoms with Gasteiger partial charge in [0.05, 0.1) is 0 Å². The van der Waals surface area contributed by atoms with Crippen molar-refractivity contribution in [3.05, 3.63) is 59.7 Å². The van der Waals surface area contributed by atoms with Gasteiger partial charge in [0.15, 0.2) is 0 Å². The van der Waals surface area contributed by atoms with Crippen LogP contribution in [0.4, 0.5) is 4.79 Å². The maximum Gasteiger partial charge on any atom is 0.407 e. The van der Waals surface area contributed by atoms with Crippen molar-refractivity contribution in [2.24, 2.45) is 0 Å². The highest BCUT2D eigenvalue weighted by molar-refractivity contribution is 5.92. The number of amides is 3. The predicted octanol–water partition coefficient (Wildman–Crippen LogP) is 1.76. The van der Waals surface area contributed by atoms with E-state index in [9.17, 15) is 19.2 Å². The number of carboxylic acids is 1. The summed E-state index contributed by atoms with van der Waals surface area (Å²) in [4.78, 5) is 47.9. The number of carboxylic acid groups (broad SMARTS) is 1. The summed E-state index contributed by atoms with van der Waals surface area (Å²) in [5.41, 5.74) is 4.30. The van der Waals surface area contributed by atoms with Crippen LogP contribution < -0.4 is 16.0 Å². The van der Waals surface area contributed by atoms with E-state index in [0.29, 0.717) is 13.0 Å². The maximum atomic E-state index is 12.6. The van der Waals surface area contributed by atoms with Gasteiger partial charge in [-0.05, 0) is 35.1 Å². The molecule has 33 heavy (non-hydrogen) atoms. The van der Waals surface area contributed by atoms with Gasteiger partial charge < -0.3 is 25.8 Å². The maximum absolute atomic E-state index is 12.6. The second kappa shape index (κ2) is 9.72. The van der Waals surface area contributed by atoms with E-state index >= 15 is 0 Å². The number of hydrogen-bond donors (Lipinski definition) is 4. The lowest BCUT2D eigenvalue weighted by molar-refractivity contribution is -0.137. The summed E-state index contributed by atoms with van der Waals surface area (Å²) in [5.74, 6) is -2.16. The number of ether oxygens (including phenoxy) is 1. The third-order valence-electron chi connectivity index (χ3n) is 5.96. The Morgan fingerprint density at radius 2 is 1.70 bits per heavy atom. The van der Waals surface area contributed by atoms with E-state index < -0.39 is 30.1 Å². The lowest BCUT2D eigenvalue weighted by atomic mass is 9.98. The van der Waals surface area contributed by atoms with E-state index in [1.807, 2.05) is 48.5 Å². The van der Waals surface area contributed by atoms with E-state index in [1.165, 1.54) is 0 Å². The molecule has 3 amide bonds. The Morgan fingerprint density at radius 1 is 1.06 bits per heavy atom. The van der Waals surface area contributed by atoms with Crippen LogP contribution in [-0.2, 0) is 19.1 Å². The zero-order chi connectivity index (χ0) is 23.4. The summed E-state index contributed by atoms with van der Waals surface area (Å²) in [7, 11) is 0. The molecule has 0 saturated carbocycles. The summed E-state index contributed by atoms with van der Waals surface area (Å²) < 4.78 is 5.46. The van der Waals surface area contributed by atoms with Crippen molar-refractivity contribution in [2.45, 2.75) is 37.3 Å². The molecule has 0 aromatic heterocycles. The SMILES string of the molecule is O=C(O)CCC(NC(=O)OCC1c2ccccc2-c2ccccc21)C(=O)NC1CCNC1=O. The third-order valence-corrected chi connectivity index (χ3v) is 5.96. The lowest BCUT2D eigenvalue weighted by Gasteiger charge is -2.20. The predicted molar refractivity (Wildman–Crippen MR) is 118 cm³/mol. The zero-order valence-corrected chi connectivity index (χ0v) is 17.9. The molecule has 9 heteroatoms. The van der Waals surface area contributed by atoms with Crippen molar-refractivity contribution in [3.8, 4) is 11.1 Å². The summed E-state index contributed by atoms with van der Waals surface area (Å²) in [6.07, 6.45) is -0.835. The quantitative estimate of drug-likeness (QED) is 0.483. The Kier molecular flexibility index (Phi) is 6.58. The van der Waals surface area contributed by atoms with Crippen LogP contribution in [0, 0.1) is 0 Å². The van der Waals surface area contributed by atoms with Crippen LogP contribution in [-0.4, -0.2) is 54.2 Å². The molecule has 9 nitrogen and oxygen atoms in total. The Labute approximate surface area is 190 Å². The number of carbonyl (C=O) groups is 4. The van der Waals surface area contributed by atoms with Gasteiger partial charge in [0, 0.05) is 18.9 Å². The molecule has 2 aliphatic rings. The first kappa shape index (κ1) is 22.3. The molecule has 1 heterocycles. The van der Waals surface area contributed by atoms with Crippen LogP contribution in [0.25, 0.3) is 11.1 Å². The molecule has 2 atom stereocenters. The number of fused-ring (bicyclic) bond motifs is 3. The number of benzene rings is 2. The number of hydrogen-bond acceptors (Lipinski definition) is 5. The van der Waals surface area contributed by atoms with Gasteiger partial charge in [0.2, 0.25) is 11.8 Å². The molecule has 4 N–H and O–H groups in total. The average Bonchev–Trinajstić information content (AvgIpc) is 3.35. The second-order valence-electron chi connectivity index (χ2n) is 8.10. The highest BCUT2D eigenvalue weighted by atomic mass is 16.5. The van der Waals surface area contributed by atoms with E-state index in [4.69, 9.17) is 9.84 Å². The van der Waals surface area contributed by atoms with Crippen LogP contribution in [0.2, 0.25) is 0 Å². The smallest absolute Gasteiger partial charge is 0.407 e. The molecule has 2 unspecified atom stereocenters. The van der Waals surface area contributed by atoms with Gasteiger partial charge in [-0.15, -0.1) is 0 Å². The van der Waals surface area contributed by atoms with Crippen molar-refractivity contribution in [3.63, 3.8) is 0 Å².